The van der Waals surface area contributed by atoms with Crippen LogP contribution in [0.15, 0.2) is 18.3 Å². The SMILES string of the molecule is CN(C)c1ncccc1[C@H]1CCCN1. The molecule has 0 spiro atoms. The Morgan fingerprint density at radius 2 is 2.36 bits per heavy atom. The summed E-state index contributed by atoms with van der Waals surface area (Å²) >= 11 is 0. The second kappa shape index (κ2) is 3.96. The molecule has 0 unspecified atom stereocenters. The number of hydrogen-bond donors (Lipinski definition) is 1. The minimum Gasteiger partial charge on any atom is -0.362 e. The van der Waals surface area contributed by atoms with Crippen LogP contribution in [-0.4, -0.2) is 25.6 Å². The van der Waals surface area contributed by atoms with Gasteiger partial charge in [0.25, 0.3) is 0 Å². The second-order valence-electron chi connectivity index (χ2n) is 3.96. The highest BCUT2D eigenvalue weighted by atomic mass is 15.1. The van der Waals surface area contributed by atoms with Crippen molar-refractivity contribution in [3.63, 3.8) is 0 Å². The van der Waals surface area contributed by atoms with E-state index in [0.29, 0.717) is 6.04 Å². The molecule has 1 atom stereocenters. The van der Waals surface area contributed by atoms with E-state index in [9.17, 15) is 0 Å². The third kappa shape index (κ3) is 1.73. The van der Waals surface area contributed by atoms with Crippen LogP contribution in [-0.2, 0) is 0 Å². The summed E-state index contributed by atoms with van der Waals surface area (Å²) in [6, 6.07) is 4.69. The number of nitrogens with zero attached hydrogens (tertiary/aromatic N) is 2. The molecule has 14 heavy (non-hydrogen) atoms. The largest absolute Gasteiger partial charge is 0.362 e. The van der Waals surface area contributed by atoms with Gasteiger partial charge in [0, 0.05) is 31.9 Å². The zero-order valence-corrected chi connectivity index (χ0v) is 8.83. The number of hydrogen-bond acceptors (Lipinski definition) is 3. The maximum atomic E-state index is 4.41. The molecule has 76 valence electrons. The normalized spacial score (nSPS) is 21.1. The molecule has 1 N–H and O–H groups in total. The monoisotopic (exact) mass is 191 g/mol. The molecule has 0 radical (unpaired) electrons. The lowest BCUT2D eigenvalue weighted by Gasteiger charge is -2.19. The molecule has 2 rings (SSSR count). The van der Waals surface area contributed by atoms with E-state index in [1.807, 2.05) is 26.4 Å². The molecule has 0 amide bonds. The molecule has 0 aliphatic carbocycles. The Kier molecular flexibility index (Phi) is 2.68. The van der Waals surface area contributed by atoms with Crippen LogP contribution in [0.5, 0.6) is 0 Å². The van der Waals surface area contributed by atoms with E-state index < -0.39 is 0 Å². The van der Waals surface area contributed by atoms with Crippen molar-refractivity contribution in [3.8, 4) is 0 Å². The van der Waals surface area contributed by atoms with Gasteiger partial charge in [0.1, 0.15) is 5.82 Å². The number of rotatable bonds is 2. The summed E-state index contributed by atoms with van der Waals surface area (Å²) in [7, 11) is 4.08. The Bertz CT molecular complexity index is 303. The Balaban J connectivity index is 2.30. The van der Waals surface area contributed by atoms with Gasteiger partial charge in [-0.25, -0.2) is 4.98 Å². The molecule has 1 aromatic rings. The minimum atomic E-state index is 0.501. The number of nitrogens with one attached hydrogen (secondary N) is 1. The van der Waals surface area contributed by atoms with Crippen LogP contribution in [0.2, 0.25) is 0 Å². The first-order chi connectivity index (χ1) is 6.79. The summed E-state index contributed by atoms with van der Waals surface area (Å²) in [5, 5.41) is 3.50. The van der Waals surface area contributed by atoms with E-state index in [2.05, 4.69) is 21.3 Å². The van der Waals surface area contributed by atoms with Gasteiger partial charge >= 0.3 is 0 Å². The molecule has 1 aliphatic heterocycles. The van der Waals surface area contributed by atoms with Crippen LogP contribution in [0, 0.1) is 0 Å². The predicted octanol–water partition coefficient (Wildman–Crippen LogP) is 1.57. The molecule has 1 fully saturated rings. The van der Waals surface area contributed by atoms with Crippen molar-refractivity contribution in [2.75, 3.05) is 25.5 Å². The Labute approximate surface area is 85.1 Å². The lowest BCUT2D eigenvalue weighted by atomic mass is 10.1. The molecule has 0 bridgehead atoms. The van der Waals surface area contributed by atoms with E-state index in [0.717, 1.165) is 12.4 Å². The molecule has 1 aliphatic rings. The fraction of sp³-hybridized carbons (Fsp3) is 0.545. The van der Waals surface area contributed by atoms with E-state index in [4.69, 9.17) is 0 Å². The van der Waals surface area contributed by atoms with Gasteiger partial charge in [-0.1, -0.05) is 6.07 Å². The van der Waals surface area contributed by atoms with Crippen molar-refractivity contribution in [3.05, 3.63) is 23.9 Å². The highest BCUT2D eigenvalue weighted by Gasteiger charge is 2.20. The zero-order valence-electron chi connectivity index (χ0n) is 8.83. The third-order valence-corrected chi connectivity index (χ3v) is 2.68. The van der Waals surface area contributed by atoms with Gasteiger partial charge in [0.2, 0.25) is 0 Å². The summed E-state index contributed by atoms with van der Waals surface area (Å²) in [6.45, 7) is 1.13. The van der Waals surface area contributed by atoms with Crippen LogP contribution in [0.1, 0.15) is 24.4 Å². The van der Waals surface area contributed by atoms with E-state index in [-0.39, 0.29) is 0 Å². The third-order valence-electron chi connectivity index (χ3n) is 2.68. The maximum Gasteiger partial charge on any atom is 0.132 e. The zero-order chi connectivity index (χ0) is 9.97. The van der Waals surface area contributed by atoms with Crippen LogP contribution in [0.25, 0.3) is 0 Å². The highest BCUT2D eigenvalue weighted by Crippen LogP contribution is 2.28. The number of pyridine rings is 1. The quantitative estimate of drug-likeness (QED) is 0.769. The molecular formula is C11H17N3. The predicted molar refractivity (Wildman–Crippen MR) is 58.5 cm³/mol. The second-order valence-corrected chi connectivity index (χ2v) is 3.96. The minimum absolute atomic E-state index is 0.501. The highest BCUT2D eigenvalue weighted by molar-refractivity contribution is 5.47. The van der Waals surface area contributed by atoms with Crippen LogP contribution in [0.3, 0.4) is 0 Å². The smallest absolute Gasteiger partial charge is 0.132 e. The molecule has 0 saturated carbocycles. The first-order valence-corrected chi connectivity index (χ1v) is 5.14. The lowest BCUT2D eigenvalue weighted by molar-refractivity contribution is 0.644. The number of anilines is 1. The maximum absolute atomic E-state index is 4.41. The van der Waals surface area contributed by atoms with E-state index >= 15 is 0 Å². The fourth-order valence-corrected chi connectivity index (χ4v) is 2.01. The van der Waals surface area contributed by atoms with Crippen molar-refractivity contribution in [1.82, 2.24) is 10.3 Å². The van der Waals surface area contributed by atoms with Crippen molar-refractivity contribution in [1.29, 1.82) is 0 Å². The van der Waals surface area contributed by atoms with Crippen LogP contribution < -0.4 is 10.2 Å². The Morgan fingerprint density at radius 3 is 3.00 bits per heavy atom. The first-order valence-electron chi connectivity index (χ1n) is 5.14. The Hall–Kier alpha value is -1.09. The molecule has 1 aromatic heterocycles. The average molecular weight is 191 g/mol. The van der Waals surface area contributed by atoms with Crippen molar-refractivity contribution < 1.29 is 0 Å². The standard InChI is InChI=1S/C11H17N3/c1-14(2)11-9(5-3-8-13-11)10-6-4-7-12-10/h3,5,8,10,12H,4,6-7H2,1-2H3/t10-/m1/s1. The van der Waals surface area contributed by atoms with Gasteiger partial charge in [0.15, 0.2) is 0 Å². The van der Waals surface area contributed by atoms with Gasteiger partial charge in [-0.3, -0.25) is 0 Å². The van der Waals surface area contributed by atoms with Gasteiger partial charge in [0.05, 0.1) is 0 Å². The lowest BCUT2D eigenvalue weighted by Crippen LogP contribution is -2.19. The van der Waals surface area contributed by atoms with E-state index in [1.165, 1.54) is 18.4 Å². The first kappa shape index (κ1) is 9.46. The molecular weight excluding hydrogens is 174 g/mol. The Morgan fingerprint density at radius 1 is 1.50 bits per heavy atom. The molecule has 3 heteroatoms. The summed E-state index contributed by atoms with van der Waals surface area (Å²) in [5.41, 5.74) is 1.33. The van der Waals surface area contributed by atoms with Crippen LogP contribution in [0.4, 0.5) is 5.82 Å². The van der Waals surface area contributed by atoms with Gasteiger partial charge in [-0.2, -0.15) is 0 Å². The number of aromatic nitrogens is 1. The van der Waals surface area contributed by atoms with Gasteiger partial charge in [-0.05, 0) is 25.5 Å². The fourth-order valence-electron chi connectivity index (χ4n) is 2.01. The summed E-state index contributed by atoms with van der Waals surface area (Å²) in [4.78, 5) is 6.49. The molecule has 3 nitrogen and oxygen atoms in total. The van der Waals surface area contributed by atoms with Gasteiger partial charge < -0.3 is 10.2 Å². The van der Waals surface area contributed by atoms with Crippen molar-refractivity contribution in [2.45, 2.75) is 18.9 Å². The van der Waals surface area contributed by atoms with Crippen molar-refractivity contribution in [2.24, 2.45) is 0 Å². The van der Waals surface area contributed by atoms with E-state index in [1.54, 1.807) is 0 Å². The molecule has 0 aromatic carbocycles. The molecule has 1 saturated heterocycles. The topological polar surface area (TPSA) is 28.2 Å². The summed E-state index contributed by atoms with van der Waals surface area (Å²) in [6.07, 6.45) is 4.35. The summed E-state index contributed by atoms with van der Waals surface area (Å²) in [5.74, 6) is 1.09. The average Bonchev–Trinajstić information content (AvgIpc) is 2.70. The van der Waals surface area contributed by atoms with Crippen molar-refractivity contribution >= 4 is 5.82 Å². The van der Waals surface area contributed by atoms with Gasteiger partial charge in [-0.15, -0.1) is 0 Å². The summed E-state index contributed by atoms with van der Waals surface area (Å²) < 4.78 is 0. The van der Waals surface area contributed by atoms with Crippen LogP contribution >= 0.6 is 0 Å². The molecule has 2 heterocycles.